The molecule has 2 aliphatic heterocycles. The maximum Gasteiger partial charge on any atom is 0.176 e. The summed E-state index contributed by atoms with van der Waals surface area (Å²) in [5, 5.41) is 9.96. The van der Waals surface area contributed by atoms with Crippen molar-refractivity contribution < 1.29 is 14.6 Å². The van der Waals surface area contributed by atoms with E-state index in [1.165, 1.54) is 17.3 Å². The van der Waals surface area contributed by atoms with E-state index < -0.39 is 0 Å². The van der Waals surface area contributed by atoms with E-state index >= 15 is 0 Å². The van der Waals surface area contributed by atoms with E-state index in [4.69, 9.17) is 9.47 Å². The summed E-state index contributed by atoms with van der Waals surface area (Å²) in [7, 11) is 3.30. The first-order valence-electron chi connectivity index (χ1n) is 7.86. The quantitative estimate of drug-likeness (QED) is 0.923. The molecule has 5 nitrogen and oxygen atoms in total. The Kier molecular flexibility index (Phi) is 3.38. The first-order valence-corrected chi connectivity index (χ1v) is 7.86. The second-order valence-corrected chi connectivity index (χ2v) is 6.11. The highest BCUT2D eigenvalue weighted by Crippen LogP contribution is 2.42. The molecule has 2 aromatic rings. The zero-order valence-corrected chi connectivity index (χ0v) is 13.4. The smallest absolute Gasteiger partial charge is 0.176 e. The second-order valence-electron chi connectivity index (χ2n) is 6.11. The number of aromatic nitrogens is 1. The Morgan fingerprint density at radius 3 is 2.91 bits per heavy atom. The number of ether oxygens (including phenoxy) is 2. The van der Waals surface area contributed by atoms with Crippen LogP contribution in [0.15, 0.2) is 24.4 Å². The average molecular weight is 312 g/mol. The highest BCUT2D eigenvalue weighted by molar-refractivity contribution is 5.49. The summed E-state index contributed by atoms with van der Waals surface area (Å²) in [4.78, 5) is 6.89. The molecule has 1 atom stereocenters. The van der Waals surface area contributed by atoms with E-state index in [-0.39, 0.29) is 5.75 Å². The predicted molar refractivity (Wildman–Crippen MR) is 86.0 cm³/mol. The van der Waals surface area contributed by atoms with Gasteiger partial charge in [0.05, 0.1) is 26.1 Å². The Hall–Kier alpha value is -2.27. The molecule has 3 heterocycles. The van der Waals surface area contributed by atoms with Crippen LogP contribution in [0.1, 0.15) is 28.4 Å². The summed E-state index contributed by atoms with van der Waals surface area (Å²) in [5.41, 5.74) is 4.75. The van der Waals surface area contributed by atoms with Gasteiger partial charge in [-0.2, -0.15) is 0 Å². The number of hydrogen-bond acceptors (Lipinski definition) is 5. The number of benzene rings is 1. The molecular formula is C18H20N2O3. The summed E-state index contributed by atoms with van der Waals surface area (Å²) in [5.74, 6) is 1.60. The lowest BCUT2D eigenvalue weighted by atomic mass is 9.85. The van der Waals surface area contributed by atoms with E-state index in [9.17, 15) is 5.11 Å². The lowest BCUT2D eigenvalue weighted by molar-refractivity contribution is 0.155. The lowest BCUT2D eigenvalue weighted by Crippen LogP contribution is -2.39. The second kappa shape index (κ2) is 5.42. The van der Waals surface area contributed by atoms with Crippen LogP contribution in [-0.2, 0) is 19.4 Å². The Morgan fingerprint density at radius 1 is 1.26 bits per heavy atom. The van der Waals surface area contributed by atoms with Crippen LogP contribution >= 0.6 is 0 Å². The van der Waals surface area contributed by atoms with E-state index in [0.717, 1.165) is 42.9 Å². The fourth-order valence-corrected chi connectivity index (χ4v) is 3.81. The van der Waals surface area contributed by atoms with Crippen LogP contribution in [0.3, 0.4) is 0 Å². The van der Waals surface area contributed by atoms with Crippen molar-refractivity contribution in [3.63, 3.8) is 0 Å². The fraction of sp³-hybridized carbons (Fsp3) is 0.389. The van der Waals surface area contributed by atoms with E-state index in [1.807, 2.05) is 6.07 Å². The van der Waals surface area contributed by atoms with Gasteiger partial charge in [-0.05, 0) is 29.7 Å². The summed E-state index contributed by atoms with van der Waals surface area (Å²) in [6.07, 6.45) is 3.34. The van der Waals surface area contributed by atoms with Gasteiger partial charge < -0.3 is 14.6 Å². The van der Waals surface area contributed by atoms with Crippen LogP contribution < -0.4 is 9.47 Å². The number of methoxy groups -OCH3 is 2. The third kappa shape index (κ3) is 2.23. The topological polar surface area (TPSA) is 54.8 Å². The van der Waals surface area contributed by atoms with Crippen LogP contribution in [0, 0.1) is 0 Å². The Balaban J connectivity index is 1.75. The van der Waals surface area contributed by atoms with Crippen LogP contribution in [0.2, 0.25) is 0 Å². The number of aromatic hydroxyl groups is 1. The maximum atomic E-state index is 9.96. The van der Waals surface area contributed by atoms with Gasteiger partial charge in [0.15, 0.2) is 11.5 Å². The van der Waals surface area contributed by atoms with Gasteiger partial charge in [0.1, 0.15) is 5.75 Å². The Bertz CT molecular complexity index is 760. The minimum Gasteiger partial charge on any atom is -0.503 e. The third-order valence-corrected chi connectivity index (χ3v) is 4.97. The highest BCUT2D eigenvalue weighted by atomic mass is 16.5. The number of nitrogens with zero attached hydrogens (tertiary/aromatic N) is 2. The van der Waals surface area contributed by atoms with E-state index in [2.05, 4.69) is 22.0 Å². The van der Waals surface area contributed by atoms with Gasteiger partial charge in [0, 0.05) is 31.1 Å². The Morgan fingerprint density at radius 2 is 2.13 bits per heavy atom. The molecule has 0 fully saturated rings. The molecule has 1 aromatic heterocycles. The predicted octanol–water partition coefficient (Wildman–Crippen LogP) is 2.46. The number of fused-ring (bicyclic) bond motifs is 4. The largest absolute Gasteiger partial charge is 0.503 e. The van der Waals surface area contributed by atoms with Gasteiger partial charge in [-0.15, -0.1) is 0 Å². The molecule has 120 valence electrons. The van der Waals surface area contributed by atoms with Crippen LogP contribution in [0.4, 0.5) is 0 Å². The van der Waals surface area contributed by atoms with Crippen molar-refractivity contribution in [3.8, 4) is 17.2 Å². The van der Waals surface area contributed by atoms with Crippen LogP contribution in [0.5, 0.6) is 17.2 Å². The van der Waals surface area contributed by atoms with E-state index in [1.54, 1.807) is 14.2 Å². The van der Waals surface area contributed by atoms with Gasteiger partial charge in [-0.3, -0.25) is 9.88 Å². The van der Waals surface area contributed by atoms with Crippen molar-refractivity contribution in [2.24, 2.45) is 0 Å². The molecule has 0 spiro atoms. The normalized spacial score (nSPS) is 19.5. The standard InChI is InChI=1S/C18H20N2O3/c1-22-12-3-4-13-11(7-12)5-6-20-10-14-15(8-16(13)20)19-9-17(21)18(14)23-2/h3-4,7,9,16,21H,5-6,8,10H2,1-2H3. The summed E-state index contributed by atoms with van der Waals surface area (Å²) in [6.45, 7) is 1.75. The molecule has 0 saturated heterocycles. The molecule has 0 saturated carbocycles. The van der Waals surface area contributed by atoms with Gasteiger partial charge in [0.2, 0.25) is 0 Å². The molecule has 2 aliphatic rings. The fourth-order valence-electron chi connectivity index (χ4n) is 3.81. The van der Waals surface area contributed by atoms with Crippen molar-refractivity contribution >= 4 is 0 Å². The van der Waals surface area contributed by atoms with Crippen molar-refractivity contribution in [3.05, 3.63) is 46.8 Å². The number of pyridine rings is 1. The average Bonchev–Trinajstić information content (AvgIpc) is 2.59. The monoisotopic (exact) mass is 312 g/mol. The van der Waals surface area contributed by atoms with E-state index in [0.29, 0.717) is 11.8 Å². The minimum absolute atomic E-state index is 0.117. The van der Waals surface area contributed by atoms with Gasteiger partial charge in [-0.1, -0.05) is 6.07 Å². The molecule has 0 radical (unpaired) electrons. The SMILES string of the molecule is COc1ccc2c(c1)CCN1Cc3c(ncc(O)c3OC)CC21. The molecule has 1 unspecified atom stereocenters. The van der Waals surface area contributed by atoms with Crippen molar-refractivity contribution in [2.75, 3.05) is 20.8 Å². The first kappa shape index (κ1) is 14.3. The summed E-state index contributed by atoms with van der Waals surface area (Å²) in [6, 6.07) is 6.68. The molecule has 0 bridgehead atoms. The zero-order chi connectivity index (χ0) is 16.0. The lowest BCUT2D eigenvalue weighted by Gasteiger charge is -2.41. The van der Waals surface area contributed by atoms with Crippen LogP contribution in [0.25, 0.3) is 0 Å². The minimum atomic E-state index is 0.117. The van der Waals surface area contributed by atoms with Crippen molar-refractivity contribution in [1.29, 1.82) is 0 Å². The molecule has 4 rings (SSSR count). The maximum absolute atomic E-state index is 9.96. The zero-order valence-electron chi connectivity index (χ0n) is 13.4. The number of hydrogen-bond donors (Lipinski definition) is 1. The molecule has 0 aliphatic carbocycles. The van der Waals surface area contributed by atoms with Gasteiger partial charge >= 0.3 is 0 Å². The molecule has 5 heteroatoms. The number of rotatable bonds is 2. The van der Waals surface area contributed by atoms with Gasteiger partial charge in [-0.25, -0.2) is 0 Å². The molecule has 0 amide bonds. The molecule has 1 N–H and O–H groups in total. The van der Waals surface area contributed by atoms with Crippen molar-refractivity contribution in [1.82, 2.24) is 9.88 Å². The molecule has 23 heavy (non-hydrogen) atoms. The summed E-state index contributed by atoms with van der Waals surface area (Å²) >= 11 is 0. The Labute approximate surface area is 135 Å². The molecule has 1 aromatic carbocycles. The van der Waals surface area contributed by atoms with Crippen molar-refractivity contribution in [2.45, 2.75) is 25.4 Å². The molecular weight excluding hydrogens is 292 g/mol. The van der Waals surface area contributed by atoms with Crippen LogP contribution in [-0.4, -0.2) is 35.8 Å². The van der Waals surface area contributed by atoms with Gasteiger partial charge in [0.25, 0.3) is 0 Å². The third-order valence-electron chi connectivity index (χ3n) is 4.97. The summed E-state index contributed by atoms with van der Waals surface area (Å²) < 4.78 is 10.7. The first-order chi connectivity index (χ1) is 11.2. The highest BCUT2D eigenvalue weighted by Gasteiger charge is 2.34.